The quantitative estimate of drug-likeness (QED) is 0.740. The van der Waals surface area contributed by atoms with Crippen LogP contribution in [-0.2, 0) is 11.3 Å². The van der Waals surface area contributed by atoms with Crippen molar-refractivity contribution in [3.05, 3.63) is 70.2 Å². The van der Waals surface area contributed by atoms with Crippen LogP contribution in [0.4, 0.5) is 0 Å². The number of amides is 1. The second kappa shape index (κ2) is 9.35. The lowest BCUT2D eigenvalue weighted by Crippen LogP contribution is -2.48. The summed E-state index contributed by atoms with van der Waals surface area (Å²) in [5.41, 5.74) is 2.97. The second-order valence-electron chi connectivity index (χ2n) is 7.56. The summed E-state index contributed by atoms with van der Waals surface area (Å²) in [6, 6.07) is 15.1. The average Bonchev–Trinajstić information content (AvgIpc) is 2.73. The summed E-state index contributed by atoms with van der Waals surface area (Å²) in [6.07, 6.45) is 1.59. The smallest absolute Gasteiger partial charge is 0.237 e. The molecule has 2 aromatic rings. The third-order valence-corrected chi connectivity index (χ3v) is 5.80. The SMILES string of the molecule is Cc1ccc(C(=O)C2CCN(C(C)C(=O)NCc3ccc(Cl)cc3)CC2)cc1. The van der Waals surface area contributed by atoms with Gasteiger partial charge >= 0.3 is 0 Å². The molecule has 0 aliphatic carbocycles. The van der Waals surface area contributed by atoms with E-state index in [1.807, 2.05) is 62.4 Å². The van der Waals surface area contributed by atoms with Crippen molar-refractivity contribution in [2.24, 2.45) is 5.92 Å². The number of piperidine rings is 1. The van der Waals surface area contributed by atoms with E-state index < -0.39 is 0 Å². The molecule has 1 heterocycles. The minimum Gasteiger partial charge on any atom is -0.351 e. The number of nitrogens with zero attached hydrogens (tertiary/aromatic N) is 1. The van der Waals surface area contributed by atoms with Crippen molar-refractivity contribution < 1.29 is 9.59 Å². The van der Waals surface area contributed by atoms with Gasteiger partial charge in [0.15, 0.2) is 5.78 Å². The van der Waals surface area contributed by atoms with E-state index >= 15 is 0 Å². The topological polar surface area (TPSA) is 49.4 Å². The molecule has 1 unspecified atom stereocenters. The van der Waals surface area contributed by atoms with E-state index in [0.717, 1.165) is 42.6 Å². The molecule has 0 saturated carbocycles. The molecule has 3 rings (SSSR count). The molecular formula is C23H27ClN2O2. The Hall–Kier alpha value is -2.17. The maximum atomic E-state index is 12.7. The molecule has 1 aliphatic heterocycles. The van der Waals surface area contributed by atoms with E-state index in [0.29, 0.717) is 11.6 Å². The first-order valence-electron chi connectivity index (χ1n) is 9.81. The monoisotopic (exact) mass is 398 g/mol. The molecule has 0 aromatic heterocycles. The largest absolute Gasteiger partial charge is 0.351 e. The lowest BCUT2D eigenvalue weighted by atomic mass is 9.88. The molecule has 5 heteroatoms. The molecule has 1 atom stereocenters. The summed E-state index contributed by atoms with van der Waals surface area (Å²) in [7, 11) is 0. The Labute approximate surface area is 171 Å². The van der Waals surface area contributed by atoms with Gasteiger partial charge in [0.05, 0.1) is 6.04 Å². The normalized spacial score (nSPS) is 16.5. The molecule has 148 valence electrons. The third kappa shape index (κ3) is 5.21. The number of Topliss-reactive ketones (excluding diaryl/α,β-unsaturated/α-hetero) is 1. The fraction of sp³-hybridized carbons (Fsp3) is 0.391. The third-order valence-electron chi connectivity index (χ3n) is 5.54. The predicted octanol–water partition coefficient (Wildman–Crippen LogP) is 4.25. The zero-order valence-corrected chi connectivity index (χ0v) is 17.2. The van der Waals surface area contributed by atoms with E-state index in [2.05, 4.69) is 10.2 Å². The second-order valence-corrected chi connectivity index (χ2v) is 8.00. The van der Waals surface area contributed by atoms with Gasteiger partial charge in [0.25, 0.3) is 0 Å². The van der Waals surface area contributed by atoms with E-state index in [9.17, 15) is 9.59 Å². The van der Waals surface area contributed by atoms with Crippen LogP contribution in [0.3, 0.4) is 0 Å². The minimum absolute atomic E-state index is 0.0123. The summed E-state index contributed by atoms with van der Waals surface area (Å²) in [4.78, 5) is 27.4. The highest BCUT2D eigenvalue weighted by Crippen LogP contribution is 2.23. The Bertz CT molecular complexity index is 810. The fourth-order valence-corrected chi connectivity index (χ4v) is 3.73. The van der Waals surface area contributed by atoms with Crippen molar-refractivity contribution in [2.75, 3.05) is 13.1 Å². The maximum absolute atomic E-state index is 12.7. The number of hydrogen-bond acceptors (Lipinski definition) is 3. The van der Waals surface area contributed by atoms with Gasteiger partial charge in [-0.25, -0.2) is 0 Å². The van der Waals surface area contributed by atoms with Crippen molar-refractivity contribution in [2.45, 2.75) is 39.3 Å². The Morgan fingerprint density at radius 1 is 1.07 bits per heavy atom. The highest BCUT2D eigenvalue weighted by molar-refractivity contribution is 6.30. The highest BCUT2D eigenvalue weighted by Gasteiger charge is 2.30. The zero-order valence-electron chi connectivity index (χ0n) is 16.5. The van der Waals surface area contributed by atoms with Crippen LogP contribution < -0.4 is 5.32 Å². The number of aryl methyl sites for hydroxylation is 1. The number of ketones is 1. The Morgan fingerprint density at radius 2 is 1.68 bits per heavy atom. The molecule has 28 heavy (non-hydrogen) atoms. The van der Waals surface area contributed by atoms with Gasteiger partial charge in [-0.1, -0.05) is 53.6 Å². The molecule has 0 bridgehead atoms. The van der Waals surface area contributed by atoms with Gasteiger partial charge < -0.3 is 5.32 Å². The van der Waals surface area contributed by atoms with E-state index in [-0.39, 0.29) is 23.7 Å². The predicted molar refractivity (Wildman–Crippen MR) is 113 cm³/mol. The summed E-state index contributed by atoms with van der Waals surface area (Å²) >= 11 is 5.89. The van der Waals surface area contributed by atoms with Crippen LogP contribution in [0.2, 0.25) is 5.02 Å². The van der Waals surface area contributed by atoms with Crippen LogP contribution in [0.1, 0.15) is 41.3 Å². The van der Waals surface area contributed by atoms with E-state index in [1.165, 1.54) is 0 Å². The zero-order chi connectivity index (χ0) is 20.1. The van der Waals surface area contributed by atoms with Crippen LogP contribution in [0, 0.1) is 12.8 Å². The number of halogens is 1. The number of nitrogens with one attached hydrogen (secondary N) is 1. The van der Waals surface area contributed by atoms with Gasteiger partial charge in [0, 0.05) is 23.0 Å². The molecule has 0 radical (unpaired) electrons. The summed E-state index contributed by atoms with van der Waals surface area (Å²) < 4.78 is 0. The van der Waals surface area contributed by atoms with Crippen LogP contribution in [-0.4, -0.2) is 35.7 Å². The van der Waals surface area contributed by atoms with Crippen molar-refractivity contribution in [1.29, 1.82) is 0 Å². The van der Waals surface area contributed by atoms with E-state index in [1.54, 1.807) is 0 Å². The molecule has 1 saturated heterocycles. The van der Waals surface area contributed by atoms with Gasteiger partial charge in [-0.2, -0.15) is 0 Å². The first-order valence-corrected chi connectivity index (χ1v) is 10.2. The summed E-state index contributed by atoms with van der Waals surface area (Å²) in [5, 5.41) is 3.68. The molecule has 1 amide bonds. The van der Waals surface area contributed by atoms with Gasteiger partial charge in [-0.05, 0) is 57.5 Å². The standard InChI is InChI=1S/C23H27ClN2O2/c1-16-3-7-19(8-4-16)22(27)20-11-13-26(14-12-20)17(2)23(28)25-15-18-5-9-21(24)10-6-18/h3-10,17,20H,11-15H2,1-2H3,(H,25,28). The molecule has 2 aromatic carbocycles. The van der Waals surface area contributed by atoms with Gasteiger partial charge in [-0.15, -0.1) is 0 Å². The van der Waals surface area contributed by atoms with Crippen LogP contribution in [0.5, 0.6) is 0 Å². The Kier molecular flexibility index (Phi) is 6.87. The maximum Gasteiger partial charge on any atom is 0.237 e. The Morgan fingerprint density at radius 3 is 2.29 bits per heavy atom. The van der Waals surface area contributed by atoms with Crippen molar-refractivity contribution >= 4 is 23.3 Å². The number of rotatable bonds is 6. The van der Waals surface area contributed by atoms with Gasteiger partial charge in [0.1, 0.15) is 0 Å². The van der Waals surface area contributed by atoms with Crippen LogP contribution in [0.25, 0.3) is 0 Å². The molecule has 0 spiro atoms. The molecular weight excluding hydrogens is 372 g/mol. The average molecular weight is 399 g/mol. The summed E-state index contributed by atoms with van der Waals surface area (Å²) in [5.74, 6) is 0.279. The van der Waals surface area contributed by atoms with Crippen molar-refractivity contribution in [3.63, 3.8) is 0 Å². The number of likely N-dealkylation sites (tertiary alicyclic amines) is 1. The van der Waals surface area contributed by atoms with Gasteiger partial charge in [0.2, 0.25) is 5.91 Å². The number of carbonyl (C=O) groups excluding carboxylic acids is 2. The van der Waals surface area contributed by atoms with Crippen LogP contribution >= 0.6 is 11.6 Å². The minimum atomic E-state index is -0.206. The summed E-state index contributed by atoms with van der Waals surface area (Å²) in [6.45, 7) is 5.96. The molecule has 4 nitrogen and oxygen atoms in total. The fourth-order valence-electron chi connectivity index (χ4n) is 3.61. The Balaban J connectivity index is 1.48. The first-order chi connectivity index (χ1) is 13.4. The number of carbonyl (C=O) groups is 2. The highest BCUT2D eigenvalue weighted by atomic mass is 35.5. The molecule has 1 aliphatic rings. The van der Waals surface area contributed by atoms with Crippen molar-refractivity contribution in [1.82, 2.24) is 10.2 Å². The van der Waals surface area contributed by atoms with Crippen molar-refractivity contribution in [3.8, 4) is 0 Å². The van der Waals surface area contributed by atoms with Gasteiger partial charge in [-0.3, -0.25) is 14.5 Å². The van der Waals surface area contributed by atoms with E-state index in [4.69, 9.17) is 11.6 Å². The molecule has 1 N–H and O–H groups in total. The van der Waals surface area contributed by atoms with Crippen LogP contribution in [0.15, 0.2) is 48.5 Å². The lowest BCUT2D eigenvalue weighted by molar-refractivity contribution is -0.126. The first kappa shape index (κ1) is 20.6. The number of benzene rings is 2. The molecule has 1 fully saturated rings. The lowest BCUT2D eigenvalue weighted by Gasteiger charge is -2.34. The number of hydrogen-bond donors (Lipinski definition) is 1.